The number of rotatable bonds is 4. The molecule has 1 aliphatic heterocycles. The summed E-state index contributed by atoms with van der Waals surface area (Å²) in [5.74, 6) is -0.253. The summed E-state index contributed by atoms with van der Waals surface area (Å²) in [6.45, 7) is 1.77. The van der Waals surface area contributed by atoms with Gasteiger partial charge in [-0.1, -0.05) is 0 Å². The van der Waals surface area contributed by atoms with E-state index in [1.165, 1.54) is 6.20 Å². The number of nitrogens with zero attached hydrogens (tertiary/aromatic N) is 4. The van der Waals surface area contributed by atoms with Crippen LogP contribution in [0.2, 0.25) is 0 Å². The van der Waals surface area contributed by atoms with Crippen LogP contribution in [0.15, 0.2) is 24.8 Å². The van der Waals surface area contributed by atoms with Crippen molar-refractivity contribution in [3.8, 4) is 0 Å². The number of aromatic nitrogens is 4. The lowest BCUT2D eigenvalue weighted by Gasteiger charge is -2.15. The standard InChI is InChI=1S/C13H18N6O2/c1-18-4-9(14-8-18)5-19-6-11(12(20)7-19)16-13(21)10-2-3-15-17-10/h2-4,8,11-12,20H,5-7H2,1H3,(H,15,17)(H,16,21)/t11-,12-/m1/s1. The summed E-state index contributed by atoms with van der Waals surface area (Å²) in [7, 11) is 1.92. The molecule has 0 saturated carbocycles. The van der Waals surface area contributed by atoms with E-state index in [1.807, 2.05) is 17.8 Å². The number of amides is 1. The highest BCUT2D eigenvalue weighted by Crippen LogP contribution is 2.13. The van der Waals surface area contributed by atoms with Gasteiger partial charge in [-0.3, -0.25) is 14.8 Å². The maximum absolute atomic E-state index is 11.9. The normalized spacial score (nSPS) is 22.6. The zero-order chi connectivity index (χ0) is 14.8. The van der Waals surface area contributed by atoms with E-state index < -0.39 is 6.10 Å². The third-order valence-electron chi connectivity index (χ3n) is 3.57. The molecule has 1 saturated heterocycles. The van der Waals surface area contributed by atoms with Crippen molar-refractivity contribution in [2.24, 2.45) is 7.05 Å². The number of likely N-dealkylation sites (tertiary alicyclic amines) is 1. The predicted molar refractivity (Wildman–Crippen MR) is 74.3 cm³/mol. The third-order valence-corrected chi connectivity index (χ3v) is 3.57. The van der Waals surface area contributed by atoms with Crippen LogP contribution >= 0.6 is 0 Å². The summed E-state index contributed by atoms with van der Waals surface area (Å²) in [6.07, 6.45) is 4.64. The largest absolute Gasteiger partial charge is 0.390 e. The molecule has 3 heterocycles. The summed E-state index contributed by atoms with van der Waals surface area (Å²) in [5, 5.41) is 19.3. The fourth-order valence-corrected chi connectivity index (χ4v) is 2.54. The van der Waals surface area contributed by atoms with Gasteiger partial charge in [-0.25, -0.2) is 4.98 Å². The van der Waals surface area contributed by atoms with Crippen molar-refractivity contribution in [2.75, 3.05) is 13.1 Å². The van der Waals surface area contributed by atoms with Gasteiger partial charge in [0.05, 0.1) is 24.2 Å². The Morgan fingerprint density at radius 2 is 2.43 bits per heavy atom. The molecule has 8 nitrogen and oxygen atoms in total. The van der Waals surface area contributed by atoms with E-state index in [2.05, 4.69) is 25.4 Å². The first-order valence-electron chi connectivity index (χ1n) is 6.79. The SMILES string of the molecule is Cn1cnc(CN2C[C@@H](O)[C@H](NC(=O)c3ccn[nH]3)C2)c1. The first-order chi connectivity index (χ1) is 10.1. The van der Waals surface area contributed by atoms with Gasteiger partial charge in [0, 0.05) is 39.1 Å². The molecule has 112 valence electrons. The van der Waals surface area contributed by atoms with E-state index in [0.29, 0.717) is 25.3 Å². The number of aromatic amines is 1. The van der Waals surface area contributed by atoms with E-state index in [4.69, 9.17) is 0 Å². The van der Waals surface area contributed by atoms with Gasteiger partial charge < -0.3 is 15.0 Å². The number of hydrogen-bond donors (Lipinski definition) is 3. The number of carbonyl (C=O) groups is 1. The number of aryl methyl sites for hydroxylation is 1. The van der Waals surface area contributed by atoms with Gasteiger partial charge in [-0.15, -0.1) is 0 Å². The van der Waals surface area contributed by atoms with Crippen molar-refractivity contribution in [3.63, 3.8) is 0 Å². The third kappa shape index (κ3) is 3.11. The highest BCUT2D eigenvalue weighted by Gasteiger charge is 2.32. The van der Waals surface area contributed by atoms with E-state index in [1.54, 1.807) is 12.4 Å². The maximum atomic E-state index is 11.9. The average Bonchev–Trinajstić information content (AvgIpc) is 3.14. The number of imidazole rings is 1. The zero-order valence-corrected chi connectivity index (χ0v) is 11.7. The molecule has 0 aromatic carbocycles. The Hall–Kier alpha value is -2.19. The molecule has 0 unspecified atom stereocenters. The second-order valence-electron chi connectivity index (χ2n) is 5.34. The van der Waals surface area contributed by atoms with Crippen molar-refractivity contribution in [1.29, 1.82) is 0 Å². The van der Waals surface area contributed by atoms with Crippen LogP contribution in [0.4, 0.5) is 0 Å². The van der Waals surface area contributed by atoms with E-state index in [9.17, 15) is 9.90 Å². The van der Waals surface area contributed by atoms with Gasteiger partial charge in [0.2, 0.25) is 0 Å². The first-order valence-corrected chi connectivity index (χ1v) is 6.79. The molecular formula is C13H18N6O2. The minimum absolute atomic E-state index is 0.253. The van der Waals surface area contributed by atoms with Gasteiger partial charge in [-0.2, -0.15) is 5.10 Å². The van der Waals surface area contributed by atoms with Gasteiger partial charge in [0.25, 0.3) is 5.91 Å². The Labute approximate surface area is 121 Å². The second kappa shape index (κ2) is 5.66. The molecule has 2 atom stereocenters. The summed E-state index contributed by atoms with van der Waals surface area (Å²) >= 11 is 0. The van der Waals surface area contributed by atoms with Gasteiger partial charge in [0.1, 0.15) is 5.69 Å². The highest BCUT2D eigenvalue weighted by molar-refractivity contribution is 5.92. The number of hydrogen-bond acceptors (Lipinski definition) is 5. The smallest absolute Gasteiger partial charge is 0.269 e. The molecule has 0 aliphatic carbocycles. The quantitative estimate of drug-likeness (QED) is 0.679. The Morgan fingerprint density at radius 1 is 1.57 bits per heavy atom. The molecule has 8 heteroatoms. The lowest BCUT2D eigenvalue weighted by molar-refractivity contribution is 0.0883. The van der Waals surface area contributed by atoms with Crippen molar-refractivity contribution in [3.05, 3.63) is 36.2 Å². The maximum Gasteiger partial charge on any atom is 0.269 e. The Balaban J connectivity index is 1.57. The predicted octanol–water partition coefficient (Wildman–Crippen LogP) is -0.882. The summed E-state index contributed by atoms with van der Waals surface area (Å²) in [4.78, 5) is 18.3. The number of nitrogens with one attached hydrogen (secondary N) is 2. The molecule has 21 heavy (non-hydrogen) atoms. The summed E-state index contributed by atoms with van der Waals surface area (Å²) < 4.78 is 1.89. The molecule has 1 amide bonds. The molecule has 1 fully saturated rings. The molecule has 3 rings (SSSR count). The Morgan fingerprint density at radius 3 is 3.10 bits per heavy atom. The number of β-amino-alcohol motifs (C(OH)–C–C–N with tert-alkyl or cyclic N) is 1. The molecule has 2 aromatic heterocycles. The molecule has 2 aromatic rings. The van der Waals surface area contributed by atoms with Crippen molar-refractivity contribution < 1.29 is 9.90 Å². The minimum Gasteiger partial charge on any atom is -0.390 e. The van der Waals surface area contributed by atoms with Crippen LogP contribution in [-0.2, 0) is 13.6 Å². The van der Waals surface area contributed by atoms with E-state index in [-0.39, 0.29) is 11.9 Å². The average molecular weight is 290 g/mol. The highest BCUT2D eigenvalue weighted by atomic mass is 16.3. The van der Waals surface area contributed by atoms with E-state index >= 15 is 0 Å². The Kier molecular flexibility index (Phi) is 3.72. The van der Waals surface area contributed by atoms with E-state index in [0.717, 1.165) is 5.69 Å². The van der Waals surface area contributed by atoms with Crippen LogP contribution in [0, 0.1) is 0 Å². The van der Waals surface area contributed by atoms with Crippen LogP contribution < -0.4 is 5.32 Å². The zero-order valence-electron chi connectivity index (χ0n) is 11.7. The number of aliphatic hydroxyl groups excluding tert-OH is 1. The van der Waals surface area contributed by atoms with Crippen molar-refractivity contribution in [2.45, 2.75) is 18.7 Å². The topological polar surface area (TPSA) is 99.1 Å². The van der Waals surface area contributed by atoms with Crippen LogP contribution in [0.25, 0.3) is 0 Å². The molecular weight excluding hydrogens is 272 g/mol. The fraction of sp³-hybridized carbons (Fsp3) is 0.462. The summed E-state index contributed by atoms with van der Waals surface area (Å²) in [6, 6.07) is 1.31. The molecule has 1 aliphatic rings. The molecule has 0 bridgehead atoms. The van der Waals surface area contributed by atoms with Crippen molar-refractivity contribution >= 4 is 5.91 Å². The molecule has 0 spiro atoms. The van der Waals surface area contributed by atoms with Crippen LogP contribution in [-0.4, -0.2) is 60.9 Å². The van der Waals surface area contributed by atoms with Crippen LogP contribution in [0.1, 0.15) is 16.2 Å². The van der Waals surface area contributed by atoms with Crippen molar-refractivity contribution in [1.82, 2.24) is 30.0 Å². The molecule has 0 radical (unpaired) electrons. The number of aliphatic hydroxyl groups is 1. The van der Waals surface area contributed by atoms with Gasteiger partial charge in [-0.05, 0) is 6.07 Å². The lowest BCUT2D eigenvalue weighted by atomic mass is 10.2. The summed E-state index contributed by atoms with van der Waals surface area (Å²) in [5.41, 5.74) is 1.34. The number of carbonyl (C=O) groups excluding carboxylic acids is 1. The van der Waals surface area contributed by atoms with Gasteiger partial charge in [0.15, 0.2) is 0 Å². The lowest BCUT2D eigenvalue weighted by Crippen LogP contribution is -2.43. The number of H-pyrrole nitrogens is 1. The minimum atomic E-state index is -0.583. The second-order valence-corrected chi connectivity index (χ2v) is 5.34. The molecule has 3 N–H and O–H groups in total. The van der Waals surface area contributed by atoms with Crippen LogP contribution in [0.3, 0.4) is 0 Å². The fourth-order valence-electron chi connectivity index (χ4n) is 2.54. The Bertz CT molecular complexity index is 608. The van der Waals surface area contributed by atoms with Gasteiger partial charge >= 0.3 is 0 Å². The monoisotopic (exact) mass is 290 g/mol. The van der Waals surface area contributed by atoms with Crippen LogP contribution in [0.5, 0.6) is 0 Å². The first kappa shape index (κ1) is 13.8.